The summed E-state index contributed by atoms with van der Waals surface area (Å²) in [4.78, 5) is 22.3. The quantitative estimate of drug-likeness (QED) is 0.869. The molecule has 0 spiro atoms. The third-order valence-corrected chi connectivity index (χ3v) is 2.46. The van der Waals surface area contributed by atoms with E-state index in [9.17, 15) is 27.2 Å². The Balaban J connectivity index is 3.10. The van der Waals surface area contributed by atoms with Crippen LogP contribution in [-0.4, -0.2) is 41.1 Å². The highest BCUT2D eigenvalue weighted by Gasteiger charge is 2.35. The van der Waals surface area contributed by atoms with Crippen molar-refractivity contribution < 1.29 is 32.3 Å². The molecule has 20 heavy (non-hydrogen) atoms. The molecule has 0 radical (unpaired) electrons. The molecule has 4 nitrogen and oxygen atoms in total. The van der Waals surface area contributed by atoms with Crippen molar-refractivity contribution in [2.75, 3.05) is 13.1 Å². The number of benzene rings is 1. The van der Waals surface area contributed by atoms with Crippen molar-refractivity contribution >= 4 is 23.5 Å². The van der Waals surface area contributed by atoms with Crippen LogP contribution in [0.5, 0.6) is 0 Å². The molecule has 0 bridgehead atoms. The molecule has 0 unspecified atom stereocenters. The number of carboxylic acids is 1. The molecule has 1 amide bonds. The van der Waals surface area contributed by atoms with Gasteiger partial charge in [0.2, 0.25) is 0 Å². The van der Waals surface area contributed by atoms with Crippen LogP contribution in [-0.2, 0) is 4.79 Å². The second-order valence-electron chi connectivity index (χ2n) is 3.77. The summed E-state index contributed by atoms with van der Waals surface area (Å²) in [5.41, 5.74) is -0.719. The number of carbonyl (C=O) groups is 2. The molecule has 0 aliphatic carbocycles. The van der Waals surface area contributed by atoms with Crippen molar-refractivity contribution in [1.29, 1.82) is 0 Å². The molecule has 0 atom stereocenters. The Morgan fingerprint density at radius 3 is 2.40 bits per heavy atom. The lowest BCUT2D eigenvalue weighted by Crippen LogP contribution is -2.42. The molecule has 0 saturated carbocycles. The first kappa shape index (κ1) is 16.2. The molecule has 110 valence electrons. The zero-order valence-corrected chi connectivity index (χ0v) is 10.5. The summed E-state index contributed by atoms with van der Waals surface area (Å²) in [7, 11) is 0. The number of halogens is 5. The van der Waals surface area contributed by atoms with E-state index in [0.717, 1.165) is 12.1 Å². The number of rotatable bonds is 4. The van der Waals surface area contributed by atoms with Gasteiger partial charge in [-0.15, -0.1) is 0 Å². The van der Waals surface area contributed by atoms with Gasteiger partial charge in [-0.1, -0.05) is 17.7 Å². The summed E-state index contributed by atoms with van der Waals surface area (Å²) in [5.74, 6) is -4.24. The van der Waals surface area contributed by atoms with Crippen LogP contribution in [0, 0.1) is 5.82 Å². The number of carboxylic acid groups (broad SMARTS) is 1. The Hall–Kier alpha value is -1.83. The molecule has 0 heterocycles. The molecule has 0 fully saturated rings. The van der Waals surface area contributed by atoms with Gasteiger partial charge in [-0.3, -0.25) is 9.59 Å². The number of hydrogen-bond donors (Lipinski definition) is 1. The first-order valence-corrected chi connectivity index (χ1v) is 5.51. The summed E-state index contributed by atoms with van der Waals surface area (Å²) in [6.45, 7) is -3.01. The number of alkyl halides is 3. The highest BCUT2D eigenvalue weighted by Crippen LogP contribution is 2.22. The minimum absolute atomic E-state index is 0.0168. The Morgan fingerprint density at radius 1 is 1.30 bits per heavy atom. The Bertz CT molecular complexity index is 533. The third-order valence-electron chi connectivity index (χ3n) is 2.17. The first-order valence-electron chi connectivity index (χ1n) is 5.13. The molecule has 1 rings (SSSR count). The van der Waals surface area contributed by atoms with Crippen molar-refractivity contribution in [2.24, 2.45) is 0 Å². The Labute approximate surface area is 115 Å². The van der Waals surface area contributed by atoms with Crippen LogP contribution in [0.25, 0.3) is 0 Å². The SMILES string of the molecule is O=C(O)CN(CC(F)(F)F)C(=O)c1cccc(Cl)c1F. The molecular weight excluding hydrogens is 306 g/mol. The number of aliphatic carboxylic acids is 1. The van der Waals surface area contributed by atoms with Gasteiger partial charge in [0.15, 0.2) is 5.82 Å². The van der Waals surface area contributed by atoms with Crippen molar-refractivity contribution in [3.05, 3.63) is 34.6 Å². The molecule has 0 aliphatic heterocycles. The lowest BCUT2D eigenvalue weighted by Gasteiger charge is -2.22. The number of carbonyl (C=O) groups excluding carboxylic acids is 1. The van der Waals surface area contributed by atoms with Crippen LogP contribution >= 0.6 is 11.6 Å². The van der Waals surface area contributed by atoms with Gasteiger partial charge < -0.3 is 10.0 Å². The van der Waals surface area contributed by atoms with E-state index in [-0.39, 0.29) is 4.90 Å². The fourth-order valence-electron chi connectivity index (χ4n) is 1.42. The highest BCUT2D eigenvalue weighted by molar-refractivity contribution is 6.31. The van der Waals surface area contributed by atoms with E-state index in [4.69, 9.17) is 16.7 Å². The van der Waals surface area contributed by atoms with Gasteiger partial charge in [0.25, 0.3) is 5.91 Å². The lowest BCUT2D eigenvalue weighted by molar-refractivity contribution is -0.149. The summed E-state index contributed by atoms with van der Waals surface area (Å²) in [5, 5.41) is 8.07. The van der Waals surface area contributed by atoms with E-state index < -0.39 is 47.5 Å². The van der Waals surface area contributed by atoms with Crippen molar-refractivity contribution in [2.45, 2.75) is 6.18 Å². The second kappa shape index (κ2) is 6.08. The zero-order valence-electron chi connectivity index (χ0n) is 9.75. The largest absolute Gasteiger partial charge is 0.480 e. The van der Waals surface area contributed by atoms with Crippen LogP contribution in [0.2, 0.25) is 5.02 Å². The normalized spacial score (nSPS) is 11.2. The number of nitrogens with zero attached hydrogens (tertiary/aromatic N) is 1. The van der Waals surface area contributed by atoms with Crippen LogP contribution in [0.4, 0.5) is 17.6 Å². The fourth-order valence-corrected chi connectivity index (χ4v) is 1.59. The second-order valence-corrected chi connectivity index (χ2v) is 4.18. The van der Waals surface area contributed by atoms with Crippen LogP contribution in [0.3, 0.4) is 0 Å². The molecule has 0 aromatic heterocycles. The highest BCUT2D eigenvalue weighted by atomic mass is 35.5. The van der Waals surface area contributed by atoms with E-state index in [2.05, 4.69) is 0 Å². The van der Waals surface area contributed by atoms with Gasteiger partial charge in [-0.25, -0.2) is 4.39 Å². The van der Waals surface area contributed by atoms with Crippen LogP contribution in [0.15, 0.2) is 18.2 Å². The molecule has 0 aliphatic rings. The molecule has 1 aromatic rings. The maximum atomic E-state index is 13.6. The van der Waals surface area contributed by atoms with Gasteiger partial charge in [-0.05, 0) is 12.1 Å². The minimum atomic E-state index is -4.81. The standard InChI is InChI=1S/C11H8ClF4NO3/c12-7-3-1-2-6(9(7)13)10(20)17(4-8(18)19)5-11(14,15)16/h1-3H,4-5H2,(H,18,19). The van der Waals surface area contributed by atoms with Crippen molar-refractivity contribution in [3.8, 4) is 0 Å². The molecule has 9 heteroatoms. The van der Waals surface area contributed by atoms with Gasteiger partial charge in [-0.2, -0.15) is 13.2 Å². The zero-order chi connectivity index (χ0) is 15.5. The lowest BCUT2D eigenvalue weighted by atomic mass is 10.2. The number of hydrogen-bond acceptors (Lipinski definition) is 2. The summed E-state index contributed by atoms with van der Waals surface area (Å²) in [6, 6.07) is 3.21. The van der Waals surface area contributed by atoms with E-state index in [1.807, 2.05) is 0 Å². The van der Waals surface area contributed by atoms with Crippen molar-refractivity contribution in [3.63, 3.8) is 0 Å². The van der Waals surface area contributed by atoms with E-state index >= 15 is 0 Å². The maximum absolute atomic E-state index is 13.6. The van der Waals surface area contributed by atoms with Gasteiger partial charge >= 0.3 is 12.1 Å². The first-order chi connectivity index (χ1) is 9.11. The Kier molecular flexibility index (Phi) is 4.93. The van der Waals surface area contributed by atoms with E-state index in [1.54, 1.807) is 0 Å². The van der Waals surface area contributed by atoms with Crippen LogP contribution < -0.4 is 0 Å². The minimum Gasteiger partial charge on any atom is -0.480 e. The fraction of sp³-hybridized carbons (Fsp3) is 0.273. The molecule has 1 N–H and O–H groups in total. The topological polar surface area (TPSA) is 57.6 Å². The smallest absolute Gasteiger partial charge is 0.406 e. The van der Waals surface area contributed by atoms with Gasteiger partial charge in [0.05, 0.1) is 10.6 Å². The van der Waals surface area contributed by atoms with Gasteiger partial charge in [0, 0.05) is 0 Å². The third kappa shape index (κ3) is 4.37. The maximum Gasteiger partial charge on any atom is 0.406 e. The summed E-state index contributed by atoms with van der Waals surface area (Å²) < 4.78 is 50.5. The molecule has 0 saturated heterocycles. The van der Waals surface area contributed by atoms with Crippen molar-refractivity contribution in [1.82, 2.24) is 4.90 Å². The predicted octanol–water partition coefficient (Wildman–Crippen LogP) is 2.57. The monoisotopic (exact) mass is 313 g/mol. The summed E-state index contributed by atoms with van der Waals surface area (Å²) >= 11 is 5.42. The van der Waals surface area contributed by atoms with E-state index in [1.165, 1.54) is 6.07 Å². The molecule has 1 aromatic carbocycles. The predicted molar refractivity (Wildman–Crippen MR) is 61.0 cm³/mol. The van der Waals surface area contributed by atoms with Crippen LogP contribution in [0.1, 0.15) is 10.4 Å². The van der Waals surface area contributed by atoms with E-state index in [0.29, 0.717) is 0 Å². The average Bonchev–Trinajstić information content (AvgIpc) is 2.28. The number of amides is 1. The summed E-state index contributed by atoms with van der Waals surface area (Å²) in [6.07, 6.45) is -4.81. The Morgan fingerprint density at radius 2 is 1.90 bits per heavy atom. The van der Waals surface area contributed by atoms with Gasteiger partial charge in [0.1, 0.15) is 13.1 Å². The average molecular weight is 314 g/mol. The molecular formula is C11H8ClF4NO3.